The van der Waals surface area contributed by atoms with Crippen LogP contribution in [-0.4, -0.2) is 122 Å². The Bertz CT molecular complexity index is 2360. The molecule has 4 fully saturated rings. The van der Waals surface area contributed by atoms with Gasteiger partial charge >= 0.3 is 0 Å². The largest absolute Gasteiger partial charge is 0.506 e. The summed E-state index contributed by atoms with van der Waals surface area (Å²) < 4.78 is 5.90. The Labute approximate surface area is 385 Å². The van der Waals surface area contributed by atoms with E-state index in [0.717, 1.165) is 88.1 Å². The molecule has 2 atom stereocenters. The molecule has 0 spiro atoms. The van der Waals surface area contributed by atoms with Gasteiger partial charge in [0.2, 0.25) is 11.8 Å². The van der Waals surface area contributed by atoms with Gasteiger partial charge in [0.1, 0.15) is 29.7 Å². The maximum Gasteiger partial charge on any atom is 0.240 e. The molecule has 3 aromatic carbocycles. The Morgan fingerprint density at radius 2 is 1.05 bits per heavy atom. The molecule has 65 heavy (non-hydrogen) atoms. The lowest BCUT2D eigenvalue weighted by Gasteiger charge is -2.49. The van der Waals surface area contributed by atoms with Gasteiger partial charge in [-0.1, -0.05) is 90.0 Å². The zero-order chi connectivity index (χ0) is 45.7. The van der Waals surface area contributed by atoms with Crippen molar-refractivity contribution in [1.82, 2.24) is 29.6 Å². The monoisotopic (exact) mass is 879 g/mol. The minimum atomic E-state index is -0.141. The number of rotatable bonds is 11. The highest BCUT2D eigenvalue weighted by molar-refractivity contribution is 5.84. The summed E-state index contributed by atoms with van der Waals surface area (Å²) in [5.41, 5.74) is 5.72. The molecule has 0 aliphatic carbocycles. The van der Waals surface area contributed by atoms with E-state index in [1.807, 2.05) is 46.2 Å². The number of aryl methyl sites for hydroxylation is 2. The number of anilines is 2. The third-order valence-electron chi connectivity index (χ3n) is 13.6. The van der Waals surface area contributed by atoms with Gasteiger partial charge in [0.05, 0.1) is 24.5 Å². The maximum atomic E-state index is 13.4. The number of nitrogens with zero attached hydrogens (tertiary/aromatic N) is 8. The lowest BCUT2D eigenvalue weighted by atomic mass is 9.95. The summed E-state index contributed by atoms with van der Waals surface area (Å²) in [5.74, 6) is 3.27. The van der Waals surface area contributed by atoms with Crippen LogP contribution in [-0.2, 0) is 29.3 Å². The van der Waals surface area contributed by atoms with Crippen LogP contribution in [0.1, 0.15) is 68.4 Å². The second kappa shape index (κ2) is 19.6. The minimum Gasteiger partial charge on any atom is -0.506 e. The quantitative estimate of drug-likeness (QED) is 0.144. The van der Waals surface area contributed by atoms with Crippen molar-refractivity contribution < 1.29 is 19.4 Å². The van der Waals surface area contributed by atoms with Crippen LogP contribution in [0, 0.1) is 13.8 Å². The van der Waals surface area contributed by atoms with Gasteiger partial charge in [-0.2, -0.15) is 0 Å². The molecule has 5 aromatic rings. The SMILES string of the molecule is Cc1ccc(CN2CCC(N3CCN(c4ccc(O)cn4)CC3(C)C)C2=O)cc1.Cc1ccc(CN2CCC(N3CCN(c4ccc(OCc5ccccc5)cn4)CC3(C)C)C2=O)cc1. The van der Waals surface area contributed by atoms with Gasteiger partial charge in [0, 0.05) is 76.5 Å². The third-order valence-corrected chi connectivity index (χ3v) is 13.6. The van der Waals surface area contributed by atoms with Crippen molar-refractivity contribution in [3.05, 3.63) is 143 Å². The summed E-state index contributed by atoms with van der Waals surface area (Å²) >= 11 is 0. The number of amides is 2. The minimum absolute atomic E-state index is 0.0469. The van der Waals surface area contributed by atoms with Crippen molar-refractivity contribution >= 4 is 23.5 Å². The van der Waals surface area contributed by atoms with Crippen molar-refractivity contribution in [3.8, 4) is 11.5 Å². The Hall–Kier alpha value is -5.98. The number of aromatic nitrogens is 2. The average Bonchev–Trinajstić information content (AvgIpc) is 3.84. The van der Waals surface area contributed by atoms with E-state index in [1.165, 1.54) is 28.5 Å². The van der Waals surface area contributed by atoms with Crippen LogP contribution in [0.2, 0.25) is 0 Å². The lowest BCUT2D eigenvalue weighted by molar-refractivity contribution is -0.135. The van der Waals surface area contributed by atoms with E-state index in [1.54, 1.807) is 12.3 Å². The van der Waals surface area contributed by atoms with Gasteiger partial charge in [-0.05, 0) is 95.3 Å². The van der Waals surface area contributed by atoms with Crippen molar-refractivity contribution in [2.24, 2.45) is 0 Å². The van der Waals surface area contributed by atoms with Gasteiger partial charge in [0.25, 0.3) is 0 Å². The standard InChI is InChI=1S/C30H36N4O2.C23H30N4O2/c1-23-9-11-24(12-10-23)20-32-16-15-27(29(32)35)34-18-17-33(22-30(34,2)3)28-14-13-26(19-31-28)36-21-25-7-5-4-6-8-25;1-17-4-6-18(7-5-17)15-25-11-10-20(22(25)29)27-13-12-26(16-23(27,2)3)21-9-8-19(28)14-24-21/h4-14,19,27H,15-18,20-22H2,1-3H3;4-9,14,20,28H,10-13,15-16H2,1-3H3. The van der Waals surface area contributed by atoms with E-state index in [0.29, 0.717) is 19.7 Å². The zero-order valence-electron chi connectivity index (χ0n) is 39.1. The number of likely N-dealkylation sites (tertiary alicyclic amines) is 2. The van der Waals surface area contributed by atoms with Crippen LogP contribution >= 0.6 is 0 Å². The summed E-state index contributed by atoms with van der Waals surface area (Å²) in [6.07, 6.45) is 5.06. The summed E-state index contributed by atoms with van der Waals surface area (Å²) in [6.45, 7) is 21.6. The van der Waals surface area contributed by atoms with E-state index in [9.17, 15) is 14.7 Å². The first-order valence-electron chi connectivity index (χ1n) is 23.2. The molecule has 0 radical (unpaired) electrons. The smallest absolute Gasteiger partial charge is 0.240 e. The number of pyridine rings is 2. The Balaban J connectivity index is 0.000000181. The highest BCUT2D eigenvalue weighted by Gasteiger charge is 2.46. The fourth-order valence-electron chi connectivity index (χ4n) is 10.00. The normalized spacial score (nSPS) is 21.1. The summed E-state index contributed by atoms with van der Waals surface area (Å²) in [7, 11) is 0. The van der Waals surface area contributed by atoms with Crippen molar-refractivity contribution in [2.75, 3.05) is 62.2 Å². The number of hydrogen-bond donors (Lipinski definition) is 1. The second-order valence-corrected chi connectivity index (χ2v) is 19.5. The molecule has 9 rings (SSSR count). The highest BCUT2D eigenvalue weighted by Crippen LogP contribution is 2.33. The Morgan fingerprint density at radius 3 is 1.48 bits per heavy atom. The summed E-state index contributed by atoms with van der Waals surface area (Å²) in [5, 5.41) is 9.49. The van der Waals surface area contributed by atoms with Gasteiger partial charge in [-0.3, -0.25) is 19.4 Å². The second-order valence-electron chi connectivity index (χ2n) is 19.5. The molecule has 0 bridgehead atoms. The fraction of sp³-hybridized carbons (Fsp3) is 0.434. The van der Waals surface area contributed by atoms with E-state index in [4.69, 9.17) is 4.74 Å². The molecule has 4 aliphatic rings. The molecule has 2 amide bonds. The molecule has 0 saturated carbocycles. The molecule has 12 heteroatoms. The maximum absolute atomic E-state index is 13.4. The van der Waals surface area contributed by atoms with Crippen LogP contribution < -0.4 is 14.5 Å². The van der Waals surface area contributed by atoms with Crippen LogP contribution in [0.25, 0.3) is 0 Å². The fourth-order valence-corrected chi connectivity index (χ4v) is 10.00. The molecule has 2 unspecified atom stereocenters. The summed E-state index contributed by atoms with van der Waals surface area (Å²) in [4.78, 5) is 49.0. The molecular formula is C53H66N8O4. The Kier molecular flexibility index (Phi) is 13.8. The summed E-state index contributed by atoms with van der Waals surface area (Å²) in [6, 6.07) is 34.5. The molecule has 6 heterocycles. The predicted octanol–water partition coefficient (Wildman–Crippen LogP) is 7.47. The molecule has 1 N–H and O–H groups in total. The number of piperazine rings is 2. The number of carbonyl (C=O) groups excluding carboxylic acids is 2. The Morgan fingerprint density at radius 1 is 0.569 bits per heavy atom. The first-order chi connectivity index (χ1) is 31.2. The molecule has 342 valence electrons. The van der Waals surface area contributed by atoms with Crippen molar-refractivity contribution in [1.29, 1.82) is 0 Å². The number of ether oxygens (including phenoxy) is 1. The molecule has 2 aromatic heterocycles. The third kappa shape index (κ3) is 10.9. The molecule has 4 saturated heterocycles. The van der Waals surface area contributed by atoms with Crippen LogP contribution in [0.5, 0.6) is 11.5 Å². The molecule has 12 nitrogen and oxygen atoms in total. The number of aromatic hydroxyl groups is 1. The number of hydrogen-bond acceptors (Lipinski definition) is 10. The predicted molar refractivity (Wildman–Crippen MR) is 257 cm³/mol. The van der Waals surface area contributed by atoms with Crippen molar-refractivity contribution in [3.63, 3.8) is 0 Å². The highest BCUT2D eigenvalue weighted by atomic mass is 16.5. The first kappa shape index (κ1) is 45.6. The van der Waals surface area contributed by atoms with Crippen LogP contribution in [0.3, 0.4) is 0 Å². The first-order valence-corrected chi connectivity index (χ1v) is 23.2. The molecular weight excluding hydrogens is 813 g/mol. The van der Waals surface area contributed by atoms with E-state index in [-0.39, 0.29) is 40.7 Å². The van der Waals surface area contributed by atoms with E-state index >= 15 is 0 Å². The van der Waals surface area contributed by atoms with Crippen molar-refractivity contribution in [2.45, 2.75) is 97.2 Å². The van der Waals surface area contributed by atoms with Crippen LogP contribution in [0.4, 0.5) is 11.6 Å². The zero-order valence-corrected chi connectivity index (χ0v) is 39.1. The number of carbonyl (C=O) groups is 2. The lowest BCUT2D eigenvalue weighted by Crippen LogP contribution is -2.63. The topological polar surface area (TPSA) is 109 Å². The van der Waals surface area contributed by atoms with Gasteiger partial charge in [-0.25, -0.2) is 9.97 Å². The van der Waals surface area contributed by atoms with Crippen LogP contribution in [0.15, 0.2) is 116 Å². The van der Waals surface area contributed by atoms with E-state index < -0.39 is 0 Å². The average molecular weight is 879 g/mol. The van der Waals surface area contributed by atoms with Gasteiger partial charge in [0.15, 0.2) is 0 Å². The van der Waals surface area contributed by atoms with Gasteiger partial charge in [-0.15, -0.1) is 0 Å². The van der Waals surface area contributed by atoms with E-state index in [2.05, 4.69) is 132 Å². The van der Waals surface area contributed by atoms with Gasteiger partial charge < -0.3 is 29.4 Å². The number of benzene rings is 3. The molecule has 4 aliphatic heterocycles.